The van der Waals surface area contributed by atoms with Crippen molar-refractivity contribution in [2.24, 2.45) is 5.41 Å². The molecule has 1 rings (SSSR count). The molecule has 2 amide bonds. The van der Waals surface area contributed by atoms with E-state index in [1.165, 1.54) is 0 Å². The summed E-state index contributed by atoms with van der Waals surface area (Å²) in [6.45, 7) is 6.27. The van der Waals surface area contributed by atoms with Crippen molar-refractivity contribution in [3.05, 3.63) is 18.7 Å². The molecule has 0 aliphatic heterocycles. The van der Waals surface area contributed by atoms with Gasteiger partial charge in [-0.25, -0.2) is 14.6 Å². The van der Waals surface area contributed by atoms with Gasteiger partial charge in [-0.2, -0.15) is 0 Å². The number of carbonyl (C=O) groups excluding carboxylic acids is 1. The Hall–Kier alpha value is -2.05. The van der Waals surface area contributed by atoms with E-state index in [1.54, 1.807) is 39.5 Å². The molecule has 0 saturated heterocycles. The van der Waals surface area contributed by atoms with Gasteiger partial charge in [-0.3, -0.25) is 0 Å². The lowest BCUT2D eigenvalue weighted by Crippen LogP contribution is -2.52. The van der Waals surface area contributed by atoms with Crippen LogP contribution in [0.2, 0.25) is 0 Å². The molecule has 0 aliphatic carbocycles. The van der Waals surface area contributed by atoms with E-state index in [0.29, 0.717) is 13.1 Å². The maximum atomic E-state index is 11.6. The van der Waals surface area contributed by atoms with E-state index in [-0.39, 0.29) is 0 Å². The number of nitrogens with zero attached hydrogens (tertiary/aromatic N) is 2. The highest BCUT2D eigenvalue weighted by molar-refractivity contribution is 5.83. The van der Waals surface area contributed by atoms with Crippen molar-refractivity contribution in [3.63, 3.8) is 0 Å². The zero-order chi connectivity index (χ0) is 14.5. The Balaban J connectivity index is 2.39. The molecule has 7 nitrogen and oxygen atoms in total. The third-order valence-electron chi connectivity index (χ3n) is 2.60. The quantitative estimate of drug-likeness (QED) is 0.731. The van der Waals surface area contributed by atoms with E-state index in [0.717, 1.165) is 0 Å². The molecule has 0 aromatic carbocycles. The van der Waals surface area contributed by atoms with Gasteiger partial charge < -0.3 is 20.3 Å². The first-order valence-corrected chi connectivity index (χ1v) is 6.03. The van der Waals surface area contributed by atoms with Gasteiger partial charge >= 0.3 is 12.0 Å². The summed E-state index contributed by atoms with van der Waals surface area (Å²) in [5, 5.41) is 14.2. The molecule has 3 N–H and O–H groups in total. The molecule has 19 heavy (non-hydrogen) atoms. The summed E-state index contributed by atoms with van der Waals surface area (Å²) < 4.78 is 1.82. The second-order valence-corrected chi connectivity index (χ2v) is 5.34. The van der Waals surface area contributed by atoms with Crippen molar-refractivity contribution < 1.29 is 14.7 Å². The van der Waals surface area contributed by atoms with Crippen LogP contribution in [-0.2, 0) is 11.3 Å². The normalized spacial score (nSPS) is 12.8. The number of hydrogen-bond donors (Lipinski definition) is 3. The molecule has 0 fully saturated rings. The first-order valence-electron chi connectivity index (χ1n) is 6.03. The summed E-state index contributed by atoms with van der Waals surface area (Å²) in [5.74, 6) is -1.04. The summed E-state index contributed by atoms with van der Waals surface area (Å²) in [5.41, 5.74) is -0.548. The van der Waals surface area contributed by atoms with Gasteiger partial charge in [0.05, 0.1) is 6.33 Å². The molecule has 0 aliphatic rings. The fourth-order valence-electron chi connectivity index (χ4n) is 1.55. The maximum absolute atomic E-state index is 11.6. The lowest BCUT2D eigenvalue weighted by atomic mass is 9.87. The Kier molecular flexibility index (Phi) is 4.91. The van der Waals surface area contributed by atoms with Crippen LogP contribution < -0.4 is 10.6 Å². The molecule has 0 unspecified atom stereocenters. The number of nitrogens with one attached hydrogen (secondary N) is 2. The second-order valence-electron chi connectivity index (χ2n) is 5.34. The smallest absolute Gasteiger partial charge is 0.326 e. The van der Waals surface area contributed by atoms with E-state index < -0.39 is 23.5 Å². The van der Waals surface area contributed by atoms with E-state index >= 15 is 0 Å². The minimum atomic E-state index is -1.04. The Morgan fingerprint density at radius 3 is 2.58 bits per heavy atom. The van der Waals surface area contributed by atoms with Crippen LogP contribution in [0.3, 0.4) is 0 Å². The number of carboxylic acids is 1. The Bertz CT molecular complexity index is 423. The first-order chi connectivity index (χ1) is 8.80. The van der Waals surface area contributed by atoms with Gasteiger partial charge in [0.2, 0.25) is 0 Å². The van der Waals surface area contributed by atoms with Crippen LogP contribution in [0.4, 0.5) is 4.79 Å². The van der Waals surface area contributed by atoms with Crippen molar-refractivity contribution >= 4 is 12.0 Å². The van der Waals surface area contributed by atoms with Crippen LogP contribution in [0.5, 0.6) is 0 Å². The highest BCUT2D eigenvalue weighted by Crippen LogP contribution is 2.19. The molecule has 0 radical (unpaired) electrons. The fourth-order valence-corrected chi connectivity index (χ4v) is 1.55. The first kappa shape index (κ1) is 15.0. The highest BCUT2D eigenvalue weighted by Gasteiger charge is 2.32. The second kappa shape index (κ2) is 6.21. The lowest BCUT2D eigenvalue weighted by molar-refractivity contribution is -0.141. The van der Waals surface area contributed by atoms with Crippen LogP contribution in [-0.4, -0.2) is 39.2 Å². The van der Waals surface area contributed by atoms with Gasteiger partial charge in [-0.15, -0.1) is 0 Å². The molecule has 0 spiro atoms. The van der Waals surface area contributed by atoms with Crippen molar-refractivity contribution in [2.45, 2.75) is 33.4 Å². The van der Waals surface area contributed by atoms with Gasteiger partial charge in [-0.05, 0) is 5.41 Å². The predicted molar refractivity (Wildman–Crippen MR) is 69.6 cm³/mol. The minimum absolute atomic E-state index is 0.401. The standard InChI is InChI=1S/C12H20N4O3/c1-12(2,3)9(10(17)18)15-11(19)14-5-7-16-6-4-13-8-16/h4,6,8-9H,5,7H2,1-3H3,(H,17,18)(H2,14,15,19)/t9-/m1/s1. The molecule has 1 heterocycles. The lowest BCUT2D eigenvalue weighted by Gasteiger charge is -2.27. The van der Waals surface area contributed by atoms with Crippen LogP contribution in [0.25, 0.3) is 0 Å². The molecule has 7 heteroatoms. The average molecular weight is 268 g/mol. The molecule has 106 valence electrons. The number of imidazole rings is 1. The summed E-state index contributed by atoms with van der Waals surface area (Å²) in [4.78, 5) is 26.6. The number of hydrogen-bond acceptors (Lipinski definition) is 3. The third-order valence-corrected chi connectivity index (χ3v) is 2.60. The van der Waals surface area contributed by atoms with Crippen LogP contribution in [0, 0.1) is 5.41 Å². The molecule has 1 aromatic heterocycles. The fraction of sp³-hybridized carbons (Fsp3) is 0.583. The molecule has 1 aromatic rings. The van der Waals surface area contributed by atoms with Gasteiger partial charge in [0.1, 0.15) is 6.04 Å². The van der Waals surface area contributed by atoms with Crippen LogP contribution in [0.1, 0.15) is 20.8 Å². The van der Waals surface area contributed by atoms with Gasteiger partial charge in [0.15, 0.2) is 0 Å². The summed E-state index contributed by atoms with van der Waals surface area (Å²) in [7, 11) is 0. The monoisotopic (exact) mass is 268 g/mol. The van der Waals surface area contributed by atoms with Crippen LogP contribution >= 0.6 is 0 Å². The Morgan fingerprint density at radius 1 is 1.42 bits per heavy atom. The Morgan fingerprint density at radius 2 is 2.11 bits per heavy atom. The van der Waals surface area contributed by atoms with Gasteiger partial charge in [0.25, 0.3) is 0 Å². The molecular formula is C12H20N4O3. The van der Waals surface area contributed by atoms with Gasteiger partial charge in [-0.1, -0.05) is 20.8 Å². The van der Waals surface area contributed by atoms with E-state index in [1.807, 2.05) is 4.57 Å². The largest absolute Gasteiger partial charge is 0.480 e. The highest BCUT2D eigenvalue weighted by atomic mass is 16.4. The number of rotatable bonds is 5. The summed E-state index contributed by atoms with van der Waals surface area (Å²) in [6.07, 6.45) is 5.09. The van der Waals surface area contributed by atoms with Crippen molar-refractivity contribution in [1.29, 1.82) is 0 Å². The average Bonchev–Trinajstić information content (AvgIpc) is 2.77. The number of urea groups is 1. The van der Waals surface area contributed by atoms with Crippen molar-refractivity contribution in [2.75, 3.05) is 6.54 Å². The number of aromatic nitrogens is 2. The van der Waals surface area contributed by atoms with E-state index in [4.69, 9.17) is 5.11 Å². The van der Waals surface area contributed by atoms with E-state index in [2.05, 4.69) is 15.6 Å². The summed E-state index contributed by atoms with van der Waals surface area (Å²) in [6, 6.07) is -1.41. The number of carboxylic acid groups (broad SMARTS) is 1. The van der Waals surface area contributed by atoms with E-state index in [9.17, 15) is 9.59 Å². The van der Waals surface area contributed by atoms with Crippen LogP contribution in [0.15, 0.2) is 18.7 Å². The third kappa shape index (κ3) is 4.99. The minimum Gasteiger partial charge on any atom is -0.480 e. The number of amides is 2. The molecular weight excluding hydrogens is 248 g/mol. The topological polar surface area (TPSA) is 96.3 Å². The Labute approximate surface area is 112 Å². The molecule has 1 atom stereocenters. The van der Waals surface area contributed by atoms with Crippen molar-refractivity contribution in [1.82, 2.24) is 20.2 Å². The number of carbonyl (C=O) groups is 2. The summed E-state index contributed by atoms with van der Waals surface area (Å²) >= 11 is 0. The maximum Gasteiger partial charge on any atom is 0.326 e. The molecule has 0 saturated carbocycles. The predicted octanol–water partition coefficient (Wildman–Crippen LogP) is 0.682. The number of aliphatic carboxylic acids is 1. The zero-order valence-corrected chi connectivity index (χ0v) is 11.4. The zero-order valence-electron chi connectivity index (χ0n) is 11.4. The van der Waals surface area contributed by atoms with Gasteiger partial charge in [0, 0.05) is 25.5 Å². The molecule has 0 bridgehead atoms. The van der Waals surface area contributed by atoms with Crippen molar-refractivity contribution in [3.8, 4) is 0 Å². The SMILES string of the molecule is CC(C)(C)[C@H](NC(=O)NCCn1ccnc1)C(=O)O.